The quantitative estimate of drug-likeness (QED) is 0.543. The van der Waals surface area contributed by atoms with E-state index in [0.29, 0.717) is 22.8 Å². The van der Waals surface area contributed by atoms with E-state index in [1.807, 2.05) is 68.1 Å². The topological polar surface area (TPSA) is 74.9 Å². The average Bonchev–Trinajstić information content (AvgIpc) is 3.11. The van der Waals surface area contributed by atoms with Crippen molar-refractivity contribution in [1.82, 2.24) is 14.6 Å². The number of aryl methyl sites for hydroxylation is 1. The second-order valence-electron chi connectivity index (χ2n) is 6.54. The van der Waals surface area contributed by atoms with Crippen LogP contribution in [-0.2, 0) is 11.8 Å². The molecule has 1 amide bonds. The number of carbonyl (C=O) groups excluding carboxylic acids is 1. The Morgan fingerprint density at radius 2 is 2.04 bits per heavy atom. The maximum atomic E-state index is 13.0. The Morgan fingerprint density at radius 3 is 2.71 bits per heavy atom. The number of hydrogen-bond donors (Lipinski definition) is 1. The lowest BCUT2D eigenvalue weighted by Gasteiger charge is -2.31. The predicted octanol–water partition coefficient (Wildman–Crippen LogP) is 2.48. The lowest BCUT2D eigenvalue weighted by atomic mass is 10.0. The summed E-state index contributed by atoms with van der Waals surface area (Å²) < 4.78 is 3.66. The summed E-state index contributed by atoms with van der Waals surface area (Å²) in [6, 6.07) is 11.4. The van der Waals surface area contributed by atoms with Gasteiger partial charge in [0.2, 0.25) is 11.1 Å². The van der Waals surface area contributed by atoms with Crippen molar-refractivity contribution in [2.24, 2.45) is 7.05 Å². The Bertz CT molecular complexity index is 1100. The molecule has 7 nitrogen and oxygen atoms in total. The van der Waals surface area contributed by atoms with Crippen LogP contribution in [0.3, 0.4) is 0 Å². The molecule has 1 N–H and O–H groups in total. The number of anilines is 1. The molecule has 4 rings (SSSR count). The molecule has 0 saturated heterocycles. The molecule has 0 bridgehead atoms. The third kappa shape index (κ3) is 2.84. The largest absolute Gasteiger partial charge is 0.347 e. The SMILES string of the molecule is CCSc1n[n+]2c(c(=O)[nH]1)-c1ccccc1N(C(=O)CC)[C@H]2c1cccn1C. The first-order chi connectivity index (χ1) is 13.6. The van der Waals surface area contributed by atoms with Crippen molar-refractivity contribution in [3.05, 3.63) is 58.6 Å². The first-order valence-electron chi connectivity index (χ1n) is 9.28. The van der Waals surface area contributed by atoms with Gasteiger partial charge in [-0.05, 0) is 34.7 Å². The molecule has 0 saturated carbocycles. The molecule has 1 aliphatic rings. The number of rotatable bonds is 4. The van der Waals surface area contributed by atoms with E-state index in [1.54, 1.807) is 9.58 Å². The average molecular weight is 396 g/mol. The third-order valence-electron chi connectivity index (χ3n) is 4.86. The fourth-order valence-electron chi connectivity index (χ4n) is 3.62. The number of carbonyl (C=O) groups is 1. The van der Waals surface area contributed by atoms with Crippen molar-refractivity contribution in [2.75, 3.05) is 10.7 Å². The molecule has 3 heterocycles. The van der Waals surface area contributed by atoms with Crippen LogP contribution in [0.15, 0.2) is 52.5 Å². The van der Waals surface area contributed by atoms with Gasteiger partial charge in [0, 0.05) is 24.8 Å². The van der Waals surface area contributed by atoms with E-state index in [2.05, 4.69) is 4.98 Å². The first kappa shape index (κ1) is 18.5. The van der Waals surface area contributed by atoms with Crippen molar-refractivity contribution in [2.45, 2.75) is 31.6 Å². The molecular weight excluding hydrogens is 374 g/mol. The van der Waals surface area contributed by atoms with E-state index in [4.69, 9.17) is 5.10 Å². The van der Waals surface area contributed by atoms with Gasteiger partial charge in [-0.1, -0.05) is 37.7 Å². The summed E-state index contributed by atoms with van der Waals surface area (Å²) in [6.45, 7) is 3.85. The summed E-state index contributed by atoms with van der Waals surface area (Å²) in [5, 5.41) is 5.27. The second kappa shape index (κ2) is 7.27. The molecular formula is C20H22N5O2S+. The number of para-hydroxylation sites is 1. The Labute approximate surface area is 167 Å². The number of nitrogens with one attached hydrogen (secondary N) is 1. The maximum Gasteiger partial charge on any atom is 0.325 e. The number of aromatic amines is 1. The van der Waals surface area contributed by atoms with Gasteiger partial charge in [0.1, 0.15) is 5.69 Å². The monoisotopic (exact) mass is 396 g/mol. The minimum absolute atomic E-state index is 0.0245. The van der Waals surface area contributed by atoms with Gasteiger partial charge in [-0.15, -0.1) is 0 Å². The Kier molecular flexibility index (Phi) is 4.80. The highest BCUT2D eigenvalue weighted by atomic mass is 32.2. The summed E-state index contributed by atoms with van der Waals surface area (Å²) in [4.78, 5) is 30.7. The zero-order valence-electron chi connectivity index (χ0n) is 16.0. The summed E-state index contributed by atoms with van der Waals surface area (Å²) in [5.74, 6) is 0.759. The fourth-order valence-corrected chi connectivity index (χ4v) is 4.21. The molecule has 3 aromatic rings. The number of amides is 1. The molecule has 28 heavy (non-hydrogen) atoms. The van der Waals surface area contributed by atoms with Crippen molar-refractivity contribution in [3.8, 4) is 11.3 Å². The Balaban J connectivity index is 2.08. The molecule has 0 aliphatic carbocycles. The van der Waals surface area contributed by atoms with Crippen LogP contribution < -0.4 is 15.1 Å². The number of aromatic nitrogens is 4. The summed E-state index contributed by atoms with van der Waals surface area (Å²) >= 11 is 1.46. The zero-order chi connectivity index (χ0) is 19.8. The van der Waals surface area contributed by atoms with Crippen LogP contribution in [0.4, 0.5) is 5.69 Å². The lowest BCUT2D eigenvalue weighted by Crippen LogP contribution is -2.61. The highest BCUT2D eigenvalue weighted by Crippen LogP contribution is 2.37. The van der Waals surface area contributed by atoms with Gasteiger partial charge in [-0.3, -0.25) is 14.6 Å². The summed E-state index contributed by atoms with van der Waals surface area (Å²) in [7, 11) is 1.93. The van der Waals surface area contributed by atoms with E-state index in [9.17, 15) is 9.59 Å². The second-order valence-corrected chi connectivity index (χ2v) is 7.79. The van der Waals surface area contributed by atoms with Crippen LogP contribution in [0, 0.1) is 0 Å². The number of benzene rings is 1. The van der Waals surface area contributed by atoms with Gasteiger partial charge in [-0.25, -0.2) is 4.90 Å². The molecule has 1 atom stereocenters. The summed E-state index contributed by atoms with van der Waals surface area (Å²) in [6.07, 6.45) is 1.75. The number of H-pyrrole nitrogens is 1. The Hall–Kier alpha value is -2.87. The highest BCUT2D eigenvalue weighted by Gasteiger charge is 2.46. The third-order valence-corrected chi connectivity index (χ3v) is 5.60. The van der Waals surface area contributed by atoms with Gasteiger partial charge >= 0.3 is 17.4 Å². The molecule has 1 aliphatic heterocycles. The van der Waals surface area contributed by atoms with Crippen LogP contribution in [0.5, 0.6) is 0 Å². The van der Waals surface area contributed by atoms with E-state index < -0.39 is 6.17 Å². The zero-order valence-corrected chi connectivity index (χ0v) is 16.9. The number of hydrogen-bond acceptors (Lipinski definition) is 4. The van der Waals surface area contributed by atoms with Crippen molar-refractivity contribution in [3.63, 3.8) is 0 Å². The molecule has 144 valence electrons. The molecule has 1 aromatic carbocycles. The lowest BCUT2D eigenvalue weighted by molar-refractivity contribution is -0.763. The maximum absolute atomic E-state index is 13.0. The van der Waals surface area contributed by atoms with E-state index in [0.717, 1.165) is 17.1 Å². The van der Waals surface area contributed by atoms with Crippen LogP contribution in [0.25, 0.3) is 11.3 Å². The fraction of sp³-hybridized carbons (Fsp3) is 0.300. The van der Waals surface area contributed by atoms with Crippen molar-refractivity contribution in [1.29, 1.82) is 0 Å². The van der Waals surface area contributed by atoms with Gasteiger partial charge in [0.25, 0.3) is 0 Å². The minimum atomic E-state index is -0.532. The molecule has 8 heteroatoms. The smallest absolute Gasteiger partial charge is 0.325 e. The highest BCUT2D eigenvalue weighted by molar-refractivity contribution is 7.99. The predicted molar refractivity (Wildman–Crippen MR) is 108 cm³/mol. The summed E-state index contributed by atoms with van der Waals surface area (Å²) in [5.41, 5.74) is 2.57. The first-order valence-corrected chi connectivity index (χ1v) is 10.3. The number of thioether (sulfide) groups is 1. The van der Waals surface area contributed by atoms with Gasteiger partial charge in [0.15, 0.2) is 0 Å². The Morgan fingerprint density at radius 1 is 1.25 bits per heavy atom. The van der Waals surface area contributed by atoms with Crippen LogP contribution in [0.1, 0.15) is 32.1 Å². The molecule has 0 unspecified atom stereocenters. The van der Waals surface area contributed by atoms with E-state index in [1.165, 1.54) is 11.8 Å². The van der Waals surface area contributed by atoms with Crippen LogP contribution in [0.2, 0.25) is 0 Å². The van der Waals surface area contributed by atoms with E-state index >= 15 is 0 Å². The number of nitrogens with zero attached hydrogens (tertiary/aromatic N) is 4. The van der Waals surface area contributed by atoms with Crippen molar-refractivity contribution < 1.29 is 9.48 Å². The standard InChI is InChI=1S/C20H21N5O2S/c1-4-16(26)24-14-10-7-6-9-13(14)17-18(27)21-20(28-5-2)22-25(17)19(24)15-11-8-12-23(15)3/h6-12,19H,4-5H2,1-3H3/p+1/t19-/m1/s1. The normalized spacial score (nSPS) is 15.2. The van der Waals surface area contributed by atoms with Gasteiger partial charge in [-0.2, -0.15) is 0 Å². The molecule has 0 spiro atoms. The van der Waals surface area contributed by atoms with Gasteiger partial charge < -0.3 is 4.57 Å². The molecule has 0 radical (unpaired) electrons. The molecule has 2 aromatic heterocycles. The number of fused-ring (bicyclic) bond motifs is 3. The van der Waals surface area contributed by atoms with Gasteiger partial charge in [0.05, 0.1) is 11.3 Å². The molecule has 0 fully saturated rings. The van der Waals surface area contributed by atoms with Crippen molar-refractivity contribution >= 4 is 23.4 Å². The van der Waals surface area contributed by atoms with E-state index in [-0.39, 0.29) is 11.5 Å². The van der Waals surface area contributed by atoms with Crippen LogP contribution in [-0.4, -0.2) is 26.3 Å². The minimum Gasteiger partial charge on any atom is -0.347 e. The van der Waals surface area contributed by atoms with Crippen LogP contribution >= 0.6 is 11.8 Å².